The molecule has 1 aromatic carbocycles. The number of benzene rings is 1. The van der Waals surface area contributed by atoms with Crippen LogP contribution in [0.2, 0.25) is 0 Å². The Kier molecular flexibility index (Phi) is 3.35. The van der Waals surface area contributed by atoms with Gasteiger partial charge in [-0.05, 0) is 24.1 Å². The van der Waals surface area contributed by atoms with E-state index in [1.807, 2.05) is 0 Å². The molecule has 1 aromatic rings. The van der Waals surface area contributed by atoms with E-state index in [-0.39, 0.29) is 6.61 Å². The lowest BCUT2D eigenvalue weighted by molar-refractivity contribution is -0.137. The van der Waals surface area contributed by atoms with E-state index in [1.165, 1.54) is 12.1 Å². The van der Waals surface area contributed by atoms with Crippen LogP contribution < -0.4 is 4.72 Å². The molecule has 4 nitrogen and oxygen atoms in total. The van der Waals surface area contributed by atoms with Crippen molar-refractivity contribution in [2.45, 2.75) is 18.6 Å². The molecule has 1 fully saturated rings. The largest absolute Gasteiger partial charge is 0.416 e. The van der Waals surface area contributed by atoms with Crippen LogP contribution >= 0.6 is 0 Å². The first-order valence-electron chi connectivity index (χ1n) is 5.12. The number of hydrogen-bond acceptors (Lipinski definition) is 3. The van der Waals surface area contributed by atoms with Crippen LogP contribution in [0.4, 0.5) is 13.2 Å². The molecule has 8 heteroatoms. The van der Waals surface area contributed by atoms with Gasteiger partial charge in [-0.2, -0.15) is 26.3 Å². The molecular weight excluding hydrogens is 271 g/mol. The molecule has 1 saturated heterocycles. The van der Waals surface area contributed by atoms with Crippen LogP contribution in [0.15, 0.2) is 24.3 Å². The van der Waals surface area contributed by atoms with E-state index in [2.05, 4.69) is 8.91 Å². The summed E-state index contributed by atoms with van der Waals surface area (Å²) in [6, 6.07) is 3.84. The first kappa shape index (κ1) is 13.3. The summed E-state index contributed by atoms with van der Waals surface area (Å²) in [6.07, 6.45) is -4.02. The Bertz CT molecular complexity index is 524. The van der Waals surface area contributed by atoms with Gasteiger partial charge in [0.1, 0.15) is 0 Å². The monoisotopic (exact) mass is 281 g/mol. The zero-order chi connectivity index (χ0) is 13.4. The van der Waals surface area contributed by atoms with Crippen LogP contribution in [-0.4, -0.2) is 15.0 Å². The summed E-state index contributed by atoms with van der Waals surface area (Å²) >= 11 is 0. The zero-order valence-corrected chi connectivity index (χ0v) is 9.88. The summed E-state index contributed by atoms with van der Waals surface area (Å²) < 4.78 is 66.1. The zero-order valence-electron chi connectivity index (χ0n) is 9.07. The minimum Gasteiger partial charge on any atom is -0.258 e. The molecule has 0 unspecified atom stereocenters. The van der Waals surface area contributed by atoms with Crippen molar-refractivity contribution in [2.75, 3.05) is 6.61 Å². The second-order valence-corrected chi connectivity index (χ2v) is 5.23. The maximum absolute atomic E-state index is 12.4. The third-order valence-electron chi connectivity index (χ3n) is 2.57. The second-order valence-electron chi connectivity index (χ2n) is 3.85. The standard InChI is InChI=1S/C10H10F3NO3S/c11-10(12,13)8-3-1-7(2-4-8)9-5-6-17-18(15,16)14-9/h1-4,9,14H,5-6H2/t9-/m0/s1. The lowest BCUT2D eigenvalue weighted by atomic mass is 10.0. The molecule has 1 aliphatic rings. The Labute approximate surface area is 102 Å². The third kappa shape index (κ3) is 3.01. The molecule has 0 amide bonds. The van der Waals surface area contributed by atoms with E-state index in [9.17, 15) is 21.6 Å². The van der Waals surface area contributed by atoms with Crippen LogP contribution in [0, 0.1) is 0 Å². The summed E-state index contributed by atoms with van der Waals surface area (Å²) in [7, 11) is -3.79. The van der Waals surface area contributed by atoms with Gasteiger partial charge >= 0.3 is 16.5 Å². The highest BCUT2D eigenvalue weighted by Crippen LogP contribution is 2.31. The van der Waals surface area contributed by atoms with Gasteiger partial charge in [0.25, 0.3) is 0 Å². The first-order valence-corrected chi connectivity index (χ1v) is 6.52. The predicted octanol–water partition coefficient (Wildman–Crippen LogP) is 2.00. The molecule has 1 atom stereocenters. The Morgan fingerprint density at radius 1 is 1.22 bits per heavy atom. The van der Waals surface area contributed by atoms with E-state index < -0.39 is 28.1 Å². The first-order chi connectivity index (χ1) is 8.28. The fourth-order valence-corrected chi connectivity index (χ4v) is 2.67. The highest BCUT2D eigenvalue weighted by Gasteiger charge is 2.31. The number of halogens is 3. The molecule has 1 heterocycles. The number of rotatable bonds is 1. The fraction of sp³-hybridized carbons (Fsp3) is 0.400. The van der Waals surface area contributed by atoms with Crippen molar-refractivity contribution >= 4 is 10.3 Å². The fourth-order valence-electron chi connectivity index (χ4n) is 1.68. The van der Waals surface area contributed by atoms with Gasteiger partial charge in [0, 0.05) is 0 Å². The topological polar surface area (TPSA) is 55.4 Å². The summed E-state index contributed by atoms with van der Waals surface area (Å²) in [4.78, 5) is 0. The van der Waals surface area contributed by atoms with Crippen molar-refractivity contribution in [3.63, 3.8) is 0 Å². The summed E-state index contributed by atoms with van der Waals surface area (Å²) in [6.45, 7) is 0.0149. The van der Waals surface area contributed by atoms with Crippen LogP contribution in [0.5, 0.6) is 0 Å². The van der Waals surface area contributed by atoms with Gasteiger partial charge in [0.15, 0.2) is 0 Å². The van der Waals surface area contributed by atoms with E-state index in [0.717, 1.165) is 12.1 Å². The maximum atomic E-state index is 12.4. The average Bonchev–Trinajstić information content (AvgIpc) is 2.27. The summed E-state index contributed by atoms with van der Waals surface area (Å²) in [5.41, 5.74) is -0.281. The molecule has 0 aromatic heterocycles. The van der Waals surface area contributed by atoms with Crippen molar-refractivity contribution < 1.29 is 25.8 Å². The molecule has 0 saturated carbocycles. The Balaban J connectivity index is 2.20. The Hall–Kier alpha value is -1.12. The molecule has 0 bridgehead atoms. The van der Waals surface area contributed by atoms with Crippen LogP contribution in [0.3, 0.4) is 0 Å². The van der Waals surface area contributed by atoms with Gasteiger partial charge in [-0.1, -0.05) is 12.1 Å². The van der Waals surface area contributed by atoms with Gasteiger partial charge < -0.3 is 0 Å². The normalized spacial score (nSPS) is 23.8. The average molecular weight is 281 g/mol. The molecule has 1 N–H and O–H groups in total. The SMILES string of the molecule is O=S1(=O)N[C@H](c2ccc(C(F)(F)F)cc2)CCO1. The lowest BCUT2D eigenvalue weighted by Gasteiger charge is -2.23. The van der Waals surface area contributed by atoms with Crippen molar-refractivity contribution in [1.82, 2.24) is 4.72 Å². The molecule has 100 valence electrons. The smallest absolute Gasteiger partial charge is 0.258 e. The van der Waals surface area contributed by atoms with E-state index in [4.69, 9.17) is 0 Å². The number of alkyl halides is 3. The number of nitrogens with one attached hydrogen (secondary N) is 1. The minimum atomic E-state index is -4.40. The van der Waals surface area contributed by atoms with E-state index in [0.29, 0.717) is 12.0 Å². The highest BCUT2D eigenvalue weighted by molar-refractivity contribution is 7.84. The van der Waals surface area contributed by atoms with Crippen molar-refractivity contribution in [3.8, 4) is 0 Å². The van der Waals surface area contributed by atoms with Gasteiger partial charge in [0.2, 0.25) is 0 Å². The Morgan fingerprint density at radius 3 is 2.33 bits per heavy atom. The van der Waals surface area contributed by atoms with E-state index >= 15 is 0 Å². The van der Waals surface area contributed by atoms with Crippen molar-refractivity contribution in [3.05, 3.63) is 35.4 Å². The van der Waals surface area contributed by atoms with Crippen LogP contribution in [0.25, 0.3) is 0 Å². The molecule has 0 spiro atoms. The summed E-state index contributed by atoms with van der Waals surface area (Å²) in [5, 5.41) is 0. The molecule has 0 aliphatic carbocycles. The summed E-state index contributed by atoms with van der Waals surface area (Å²) in [5.74, 6) is 0. The number of hydrogen-bond donors (Lipinski definition) is 1. The van der Waals surface area contributed by atoms with Gasteiger partial charge in [-0.25, -0.2) is 0 Å². The van der Waals surface area contributed by atoms with Gasteiger partial charge in [-0.15, -0.1) is 0 Å². The quantitative estimate of drug-likeness (QED) is 0.856. The molecule has 18 heavy (non-hydrogen) atoms. The van der Waals surface area contributed by atoms with Gasteiger partial charge in [0.05, 0.1) is 18.2 Å². The van der Waals surface area contributed by atoms with Crippen LogP contribution in [0.1, 0.15) is 23.6 Å². The van der Waals surface area contributed by atoms with Crippen molar-refractivity contribution in [1.29, 1.82) is 0 Å². The third-order valence-corrected chi connectivity index (χ3v) is 3.62. The van der Waals surface area contributed by atoms with E-state index in [1.54, 1.807) is 0 Å². The second kappa shape index (κ2) is 4.52. The predicted molar refractivity (Wildman–Crippen MR) is 56.8 cm³/mol. The molecule has 0 radical (unpaired) electrons. The van der Waals surface area contributed by atoms with Crippen LogP contribution in [-0.2, 0) is 20.7 Å². The molecule has 1 aliphatic heterocycles. The Morgan fingerprint density at radius 2 is 1.83 bits per heavy atom. The maximum Gasteiger partial charge on any atom is 0.416 e. The lowest BCUT2D eigenvalue weighted by Crippen LogP contribution is -2.36. The molecule has 2 rings (SSSR count). The highest BCUT2D eigenvalue weighted by atomic mass is 32.2. The molecular formula is C10H10F3NO3S. The minimum absolute atomic E-state index is 0.0149. The van der Waals surface area contributed by atoms with Crippen molar-refractivity contribution in [2.24, 2.45) is 0 Å². The van der Waals surface area contributed by atoms with Gasteiger partial charge in [-0.3, -0.25) is 4.18 Å².